The molecular weight excluding hydrogens is 324 g/mol. The predicted octanol–water partition coefficient (Wildman–Crippen LogP) is 2.57. The Morgan fingerprint density at radius 2 is 1.79 bits per heavy atom. The average molecular weight is 346 g/mol. The number of nitrogens with one attached hydrogen (secondary N) is 1. The summed E-state index contributed by atoms with van der Waals surface area (Å²) in [7, 11) is -3.52. The quantitative estimate of drug-likeness (QED) is 0.900. The summed E-state index contributed by atoms with van der Waals surface area (Å²) in [6.45, 7) is 3.58. The molecule has 0 saturated carbocycles. The zero-order chi connectivity index (χ0) is 17.0. The van der Waals surface area contributed by atoms with Crippen molar-refractivity contribution in [2.24, 2.45) is 0 Å². The Morgan fingerprint density at radius 3 is 2.54 bits per heavy atom. The van der Waals surface area contributed by atoms with Crippen molar-refractivity contribution in [3.05, 3.63) is 47.9 Å². The molecule has 1 saturated heterocycles. The standard InChI is InChI=1S/C17H22N4O2S/c1-14-7-5-9-18-15(14)13-20-17-16(8-6-10-19-17)24(22,23)21-11-3-2-4-12-21/h5-10H,2-4,11-13H2,1H3,(H,19,20). The maximum absolute atomic E-state index is 12.9. The van der Waals surface area contributed by atoms with Crippen LogP contribution in [0.15, 0.2) is 41.6 Å². The molecule has 3 rings (SSSR count). The zero-order valence-electron chi connectivity index (χ0n) is 13.8. The highest BCUT2D eigenvalue weighted by molar-refractivity contribution is 7.89. The topological polar surface area (TPSA) is 75.2 Å². The van der Waals surface area contributed by atoms with Crippen LogP contribution in [0.25, 0.3) is 0 Å². The van der Waals surface area contributed by atoms with Gasteiger partial charge in [0.25, 0.3) is 0 Å². The van der Waals surface area contributed by atoms with Gasteiger partial charge in [0, 0.05) is 25.5 Å². The minimum atomic E-state index is -3.52. The van der Waals surface area contributed by atoms with Gasteiger partial charge in [0.05, 0.1) is 12.2 Å². The molecule has 1 fully saturated rings. The average Bonchev–Trinajstić information content (AvgIpc) is 2.62. The van der Waals surface area contributed by atoms with Gasteiger partial charge < -0.3 is 5.32 Å². The molecule has 0 bridgehead atoms. The molecule has 1 aliphatic heterocycles. The molecule has 3 heterocycles. The summed E-state index contributed by atoms with van der Waals surface area (Å²) in [6, 6.07) is 7.14. The van der Waals surface area contributed by atoms with Crippen molar-refractivity contribution >= 4 is 15.8 Å². The molecule has 0 spiro atoms. The Labute approximate surface area is 143 Å². The van der Waals surface area contributed by atoms with Crippen LogP contribution in [0.2, 0.25) is 0 Å². The smallest absolute Gasteiger partial charge is 0.246 e. The number of anilines is 1. The summed E-state index contributed by atoms with van der Waals surface area (Å²) >= 11 is 0. The largest absolute Gasteiger partial charge is 0.363 e. The van der Waals surface area contributed by atoms with Gasteiger partial charge in [0.1, 0.15) is 10.7 Å². The van der Waals surface area contributed by atoms with Crippen LogP contribution in [0.3, 0.4) is 0 Å². The lowest BCUT2D eigenvalue weighted by atomic mass is 10.2. The van der Waals surface area contributed by atoms with E-state index in [1.54, 1.807) is 28.8 Å². The third kappa shape index (κ3) is 3.57. The van der Waals surface area contributed by atoms with E-state index in [1.807, 2.05) is 19.1 Å². The van der Waals surface area contributed by atoms with E-state index in [0.29, 0.717) is 25.5 Å². The summed E-state index contributed by atoms with van der Waals surface area (Å²) in [4.78, 5) is 8.80. The van der Waals surface area contributed by atoms with Crippen LogP contribution in [0.4, 0.5) is 5.82 Å². The Balaban J connectivity index is 1.84. The van der Waals surface area contributed by atoms with Crippen LogP contribution in [0.1, 0.15) is 30.5 Å². The van der Waals surface area contributed by atoms with Gasteiger partial charge in [-0.05, 0) is 43.5 Å². The number of aryl methyl sites for hydroxylation is 1. The first kappa shape index (κ1) is 16.9. The molecule has 24 heavy (non-hydrogen) atoms. The molecule has 7 heteroatoms. The fourth-order valence-electron chi connectivity index (χ4n) is 2.85. The first-order valence-electron chi connectivity index (χ1n) is 8.18. The zero-order valence-corrected chi connectivity index (χ0v) is 14.6. The third-order valence-corrected chi connectivity index (χ3v) is 6.17. The fourth-order valence-corrected chi connectivity index (χ4v) is 4.48. The Kier molecular flexibility index (Phi) is 5.11. The van der Waals surface area contributed by atoms with Crippen molar-refractivity contribution in [2.45, 2.75) is 37.6 Å². The number of rotatable bonds is 5. The second kappa shape index (κ2) is 7.27. The van der Waals surface area contributed by atoms with Crippen LogP contribution >= 0.6 is 0 Å². The van der Waals surface area contributed by atoms with Gasteiger partial charge in [0.2, 0.25) is 10.0 Å². The van der Waals surface area contributed by atoms with E-state index in [9.17, 15) is 8.42 Å². The SMILES string of the molecule is Cc1cccnc1CNc1ncccc1S(=O)(=O)N1CCCCC1. The summed E-state index contributed by atoms with van der Waals surface area (Å²) in [5, 5.41) is 3.14. The van der Waals surface area contributed by atoms with Crippen molar-refractivity contribution in [1.29, 1.82) is 0 Å². The molecule has 0 aliphatic carbocycles. The summed E-state index contributed by atoms with van der Waals surface area (Å²) < 4.78 is 27.4. The number of nitrogens with zero attached hydrogens (tertiary/aromatic N) is 3. The molecule has 0 amide bonds. The van der Waals surface area contributed by atoms with Gasteiger partial charge in [-0.15, -0.1) is 0 Å². The molecule has 0 radical (unpaired) electrons. The van der Waals surface area contributed by atoms with Crippen LogP contribution in [0.5, 0.6) is 0 Å². The van der Waals surface area contributed by atoms with E-state index in [1.165, 1.54) is 0 Å². The Hall–Kier alpha value is -1.99. The highest BCUT2D eigenvalue weighted by Crippen LogP contribution is 2.25. The number of pyridine rings is 2. The Morgan fingerprint density at radius 1 is 1.08 bits per heavy atom. The molecule has 2 aromatic heterocycles. The minimum absolute atomic E-state index is 0.237. The lowest BCUT2D eigenvalue weighted by Crippen LogP contribution is -2.36. The number of hydrogen-bond donors (Lipinski definition) is 1. The Bertz CT molecular complexity index is 802. The lowest BCUT2D eigenvalue weighted by molar-refractivity contribution is 0.346. The van der Waals surface area contributed by atoms with Gasteiger partial charge in [-0.2, -0.15) is 4.31 Å². The predicted molar refractivity (Wildman–Crippen MR) is 93.1 cm³/mol. The number of piperidine rings is 1. The lowest BCUT2D eigenvalue weighted by Gasteiger charge is -2.26. The van der Waals surface area contributed by atoms with Crippen molar-refractivity contribution < 1.29 is 8.42 Å². The van der Waals surface area contributed by atoms with Gasteiger partial charge in [0.15, 0.2) is 0 Å². The normalized spacial score (nSPS) is 16.0. The van der Waals surface area contributed by atoms with Gasteiger partial charge in [-0.3, -0.25) is 4.98 Å². The van der Waals surface area contributed by atoms with Crippen LogP contribution in [-0.2, 0) is 16.6 Å². The fraction of sp³-hybridized carbons (Fsp3) is 0.412. The molecule has 0 unspecified atom stereocenters. The van der Waals surface area contributed by atoms with E-state index in [4.69, 9.17) is 0 Å². The minimum Gasteiger partial charge on any atom is -0.363 e. The first-order chi connectivity index (χ1) is 11.6. The molecule has 0 aromatic carbocycles. The van der Waals surface area contributed by atoms with Crippen molar-refractivity contribution in [3.63, 3.8) is 0 Å². The summed E-state index contributed by atoms with van der Waals surface area (Å²) in [5.41, 5.74) is 1.94. The molecule has 6 nitrogen and oxygen atoms in total. The van der Waals surface area contributed by atoms with Crippen LogP contribution < -0.4 is 5.32 Å². The second-order valence-electron chi connectivity index (χ2n) is 5.94. The second-order valence-corrected chi connectivity index (χ2v) is 7.84. The maximum Gasteiger partial charge on any atom is 0.246 e. The summed E-state index contributed by atoms with van der Waals surface area (Å²) in [6.07, 6.45) is 6.24. The van der Waals surface area contributed by atoms with Crippen molar-refractivity contribution in [2.75, 3.05) is 18.4 Å². The molecule has 1 aliphatic rings. The first-order valence-corrected chi connectivity index (χ1v) is 9.62. The summed E-state index contributed by atoms with van der Waals surface area (Å²) in [5.74, 6) is 0.383. The van der Waals surface area contributed by atoms with Gasteiger partial charge in [-0.1, -0.05) is 12.5 Å². The van der Waals surface area contributed by atoms with E-state index < -0.39 is 10.0 Å². The van der Waals surface area contributed by atoms with E-state index in [0.717, 1.165) is 30.5 Å². The number of hydrogen-bond acceptors (Lipinski definition) is 5. The molecule has 128 valence electrons. The van der Waals surface area contributed by atoms with Gasteiger partial charge >= 0.3 is 0 Å². The van der Waals surface area contributed by atoms with Crippen molar-refractivity contribution in [3.8, 4) is 0 Å². The molecule has 2 aromatic rings. The van der Waals surface area contributed by atoms with Crippen LogP contribution in [0, 0.1) is 6.92 Å². The molecular formula is C17H22N4O2S. The maximum atomic E-state index is 12.9. The van der Waals surface area contributed by atoms with Crippen LogP contribution in [-0.4, -0.2) is 35.8 Å². The highest BCUT2D eigenvalue weighted by Gasteiger charge is 2.28. The van der Waals surface area contributed by atoms with Gasteiger partial charge in [-0.25, -0.2) is 13.4 Å². The molecule has 1 N–H and O–H groups in total. The van der Waals surface area contributed by atoms with E-state index in [2.05, 4.69) is 15.3 Å². The van der Waals surface area contributed by atoms with E-state index in [-0.39, 0.29) is 4.90 Å². The van der Waals surface area contributed by atoms with E-state index >= 15 is 0 Å². The number of aromatic nitrogens is 2. The highest BCUT2D eigenvalue weighted by atomic mass is 32.2. The molecule has 0 atom stereocenters. The van der Waals surface area contributed by atoms with Crippen molar-refractivity contribution in [1.82, 2.24) is 14.3 Å². The number of sulfonamides is 1. The monoisotopic (exact) mass is 346 g/mol. The third-order valence-electron chi connectivity index (χ3n) is 4.24.